The molecule has 1 aliphatic carbocycles. The third-order valence-electron chi connectivity index (χ3n) is 4.26. The number of rotatable bonds is 2. The lowest BCUT2D eigenvalue weighted by Gasteiger charge is -2.33. The van der Waals surface area contributed by atoms with Gasteiger partial charge in [-0.3, -0.25) is 4.79 Å². The highest BCUT2D eigenvalue weighted by Gasteiger charge is 2.35. The van der Waals surface area contributed by atoms with Crippen LogP contribution in [0.1, 0.15) is 71.1 Å². The Labute approximate surface area is 105 Å². The van der Waals surface area contributed by atoms with Crippen LogP contribution in [-0.4, -0.2) is 17.1 Å². The molecule has 1 saturated carbocycles. The predicted molar refractivity (Wildman–Crippen MR) is 69.9 cm³/mol. The fourth-order valence-electron chi connectivity index (χ4n) is 2.85. The Kier molecular flexibility index (Phi) is 5.96. The van der Waals surface area contributed by atoms with Gasteiger partial charge in [0.1, 0.15) is 6.04 Å². The molecule has 0 aliphatic heterocycles. The van der Waals surface area contributed by atoms with E-state index in [0.29, 0.717) is 0 Å². The van der Waals surface area contributed by atoms with E-state index < -0.39 is 12.0 Å². The Bertz CT molecular complexity index is 228. The minimum Gasteiger partial charge on any atom is -0.480 e. The van der Waals surface area contributed by atoms with E-state index in [-0.39, 0.29) is 5.41 Å². The van der Waals surface area contributed by atoms with Gasteiger partial charge in [0.2, 0.25) is 0 Å². The minimum absolute atomic E-state index is 0.212. The molecule has 1 aliphatic rings. The van der Waals surface area contributed by atoms with Crippen molar-refractivity contribution in [2.45, 2.75) is 77.2 Å². The van der Waals surface area contributed by atoms with Crippen molar-refractivity contribution in [3.63, 3.8) is 0 Å². The SMILES string of the molecule is CC1(C(N)C(=O)O)CCCCCCCCCC1. The smallest absolute Gasteiger partial charge is 0.321 e. The van der Waals surface area contributed by atoms with Gasteiger partial charge in [-0.15, -0.1) is 0 Å². The van der Waals surface area contributed by atoms with Gasteiger partial charge in [-0.2, -0.15) is 0 Å². The molecule has 0 spiro atoms. The van der Waals surface area contributed by atoms with Crippen LogP contribution in [0.2, 0.25) is 0 Å². The summed E-state index contributed by atoms with van der Waals surface area (Å²) in [6, 6.07) is -0.705. The summed E-state index contributed by atoms with van der Waals surface area (Å²) >= 11 is 0. The van der Waals surface area contributed by atoms with Gasteiger partial charge in [-0.25, -0.2) is 0 Å². The van der Waals surface area contributed by atoms with Crippen LogP contribution in [-0.2, 0) is 4.79 Å². The summed E-state index contributed by atoms with van der Waals surface area (Å²) < 4.78 is 0. The highest BCUT2D eigenvalue weighted by molar-refractivity contribution is 5.74. The molecule has 1 rings (SSSR count). The summed E-state index contributed by atoms with van der Waals surface area (Å²) in [5, 5.41) is 9.12. The van der Waals surface area contributed by atoms with E-state index in [1.165, 1.54) is 38.5 Å². The first kappa shape index (κ1) is 14.5. The van der Waals surface area contributed by atoms with Crippen molar-refractivity contribution in [2.75, 3.05) is 0 Å². The van der Waals surface area contributed by atoms with E-state index >= 15 is 0 Å². The van der Waals surface area contributed by atoms with Crippen LogP contribution in [0.5, 0.6) is 0 Å². The van der Waals surface area contributed by atoms with E-state index in [1.807, 2.05) is 0 Å². The number of aliphatic carboxylic acids is 1. The molecule has 1 unspecified atom stereocenters. The third-order valence-corrected chi connectivity index (χ3v) is 4.26. The summed E-state index contributed by atoms with van der Waals surface area (Å²) in [6.07, 6.45) is 11.9. The molecule has 3 nitrogen and oxygen atoms in total. The van der Waals surface area contributed by atoms with Crippen molar-refractivity contribution in [3.05, 3.63) is 0 Å². The highest BCUT2D eigenvalue weighted by Crippen LogP contribution is 2.35. The summed E-state index contributed by atoms with van der Waals surface area (Å²) in [4.78, 5) is 11.1. The molecule has 0 aromatic rings. The van der Waals surface area contributed by atoms with Gasteiger partial charge in [0.25, 0.3) is 0 Å². The van der Waals surface area contributed by atoms with Crippen molar-refractivity contribution >= 4 is 5.97 Å². The quantitative estimate of drug-likeness (QED) is 0.779. The summed E-state index contributed by atoms with van der Waals surface area (Å²) in [6.45, 7) is 2.06. The molecular weight excluding hydrogens is 214 g/mol. The second kappa shape index (κ2) is 7.00. The lowest BCUT2D eigenvalue weighted by Crippen LogP contribution is -2.45. The molecule has 1 fully saturated rings. The van der Waals surface area contributed by atoms with Gasteiger partial charge < -0.3 is 10.8 Å². The molecule has 17 heavy (non-hydrogen) atoms. The second-order valence-electron chi connectivity index (χ2n) is 5.80. The lowest BCUT2D eigenvalue weighted by molar-refractivity contribution is -0.142. The Morgan fingerprint density at radius 1 is 1.00 bits per heavy atom. The van der Waals surface area contributed by atoms with Gasteiger partial charge in [-0.05, 0) is 18.3 Å². The van der Waals surface area contributed by atoms with Crippen LogP contribution < -0.4 is 5.73 Å². The molecule has 100 valence electrons. The molecular formula is C14H27NO2. The van der Waals surface area contributed by atoms with Crippen molar-refractivity contribution in [1.82, 2.24) is 0 Å². The third kappa shape index (κ3) is 4.66. The van der Waals surface area contributed by atoms with Crippen LogP contribution in [0.3, 0.4) is 0 Å². The number of carboxylic acid groups (broad SMARTS) is 1. The van der Waals surface area contributed by atoms with E-state index in [0.717, 1.165) is 25.7 Å². The van der Waals surface area contributed by atoms with Crippen LogP contribution in [0.4, 0.5) is 0 Å². The largest absolute Gasteiger partial charge is 0.480 e. The second-order valence-corrected chi connectivity index (χ2v) is 5.80. The molecule has 0 radical (unpaired) electrons. The zero-order valence-corrected chi connectivity index (χ0v) is 11.1. The maximum Gasteiger partial charge on any atom is 0.321 e. The average Bonchev–Trinajstić information content (AvgIpc) is 2.34. The van der Waals surface area contributed by atoms with Crippen LogP contribution >= 0.6 is 0 Å². The first-order valence-corrected chi connectivity index (χ1v) is 7.05. The van der Waals surface area contributed by atoms with Gasteiger partial charge in [0.05, 0.1) is 0 Å². The Hall–Kier alpha value is -0.570. The van der Waals surface area contributed by atoms with E-state index in [1.54, 1.807) is 0 Å². The van der Waals surface area contributed by atoms with Crippen molar-refractivity contribution in [2.24, 2.45) is 11.1 Å². The molecule has 3 heteroatoms. The fraction of sp³-hybridized carbons (Fsp3) is 0.929. The van der Waals surface area contributed by atoms with Crippen LogP contribution in [0.25, 0.3) is 0 Å². The number of nitrogens with two attached hydrogens (primary N) is 1. The summed E-state index contributed by atoms with van der Waals surface area (Å²) in [5.41, 5.74) is 5.66. The zero-order chi connectivity index (χ0) is 12.7. The molecule has 0 aromatic carbocycles. The molecule has 0 bridgehead atoms. The maximum atomic E-state index is 11.1. The van der Waals surface area contributed by atoms with Gasteiger partial charge in [-0.1, -0.05) is 58.3 Å². The first-order chi connectivity index (χ1) is 8.06. The van der Waals surface area contributed by atoms with Crippen LogP contribution in [0, 0.1) is 5.41 Å². The average molecular weight is 241 g/mol. The molecule has 0 aromatic heterocycles. The summed E-state index contributed by atoms with van der Waals surface area (Å²) in [7, 11) is 0. The van der Waals surface area contributed by atoms with Gasteiger partial charge in [0, 0.05) is 0 Å². The maximum absolute atomic E-state index is 11.1. The minimum atomic E-state index is -0.845. The van der Waals surface area contributed by atoms with Crippen LogP contribution in [0.15, 0.2) is 0 Å². The fourth-order valence-corrected chi connectivity index (χ4v) is 2.85. The Morgan fingerprint density at radius 3 is 1.71 bits per heavy atom. The molecule has 0 heterocycles. The van der Waals surface area contributed by atoms with Gasteiger partial charge in [0.15, 0.2) is 0 Å². The highest BCUT2D eigenvalue weighted by atomic mass is 16.4. The normalized spacial score (nSPS) is 24.6. The number of carbonyl (C=O) groups is 1. The molecule has 0 saturated heterocycles. The Balaban J connectivity index is 2.60. The lowest BCUT2D eigenvalue weighted by atomic mass is 9.74. The van der Waals surface area contributed by atoms with Crippen molar-refractivity contribution < 1.29 is 9.90 Å². The van der Waals surface area contributed by atoms with Crippen molar-refractivity contribution in [3.8, 4) is 0 Å². The molecule has 1 atom stereocenters. The standard InChI is InChI=1S/C14H27NO2/c1-14(12(15)13(16)17)10-8-6-4-2-3-5-7-9-11-14/h12H,2-11,15H2,1H3,(H,16,17). The topological polar surface area (TPSA) is 63.3 Å². The number of carboxylic acids is 1. The Morgan fingerprint density at radius 2 is 1.35 bits per heavy atom. The van der Waals surface area contributed by atoms with Crippen molar-refractivity contribution in [1.29, 1.82) is 0 Å². The monoisotopic (exact) mass is 241 g/mol. The molecule has 0 amide bonds. The van der Waals surface area contributed by atoms with Gasteiger partial charge >= 0.3 is 5.97 Å². The first-order valence-electron chi connectivity index (χ1n) is 7.05. The zero-order valence-electron chi connectivity index (χ0n) is 11.1. The molecule has 3 N–H and O–H groups in total. The predicted octanol–water partition coefficient (Wildman–Crippen LogP) is 3.32. The summed E-state index contributed by atoms with van der Waals surface area (Å²) in [5.74, 6) is -0.845. The number of hydrogen-bond acceptors (Lipinski definition) is 2. The van der Waals surface area contributed by atoms with E-state index in [4.69, 9.17) is 10.8 Å². The number of hydrogen-bond donors (Lipinski definition) is 2. The van der Waals surface area contributed by atoms with E-state index in [9.17, 15) is 4.79 Å². The van der Waals surface area contributed by atoms with E-state index in [2.05, 4.69) is 6.92 Å².